The fourth-order valence-electron chi connectivity index (χ4n) is 2.40. The van der Waals surface area contributed by atoms with E-state index in [0.717, 1.165) is 10.9 Å². The Hall–Kier alpha value is -1.77. The first kappa shape index (κ1) is 13.7. The summed E-state index contributed by atoms with van der Waals surface area (Å²) in [6, 6.07) is 8.55. The summed E-state index contributed by atoms with van der Waals surface area (Å²) in [6.45, 7) is 7.82. The molecule has 102 valence electrons. The standard InChI is InChI=1S/C16H21NO2/c1-11(2)17-10-12(9-16(3,4)15(18)19)13-7-5-6-8-14(13)17/h5-8,10-11H,9H2,1-4H3,(H,18,19). The highest BCUT2D eigenvalue weighted by molar-refractivity contribution is 5.85. The number of hydrogen-bond donors (Lipinski definition) is 1. The number of rotatable bonds is 4. The first-order valence-electron chi connectivity index (χ1n) is 6.65. The summed E-state index contributed by atoms with van der Waals surface area (Å²) >= 11 is 0. The van der Waals surface area contributed by atoms with Crippen molar-refractivity contribution in [2.75, 3.05) is 0 Å². The highest BCUT2D eigenvalue weighted by atomic mass is 16.4. The average Bonchev–Trinajstić information content (AvgIpc) is 2.68. The van der Waals surface area contributed by atoms with Crippen LogP contribution < -0.4 is 0 Å². The summed E-state index contributed by atoms with van der Waals surface area (Å²) in [5.41, 5.74) is 1.54. The molecule has 0 radical (unpaired) electrons. The molecule has 0 aliphatic rings. The van der Waals surface area contributed by atoms with E-state index in [1.54, 1.807) is 13.8 Å². The minimum absolute atomic E-state index is 0.367. The van der Waals surface area contributed by atoms with Crippen LogP contribution >= 0.6 is 0 Å². The summed E-state index contributed by atoms with van der Waals surface area (Å²) in [5.74, 6) is -0.756. The lowest BCUT2D eigenvalue weighted by Crippen LogP contribution is -2.26. The van der Waals surface area contributed by atoms with Crippen molar-refractivity contribution in [3.63, 3.8) is 0 Å². The van der Waals surface area contributed by atoms with E-state index in [0.29, 0.717) is 12.5 Å². The van der Waals surface area contributed by atoms with Crippen molar-refractivity contribution in [2.24, 2.45) is 5.41 Å². The smallest absolute Gasteiger partial charge is 0.309 e. The number of carbonyl (C=O) groups is 1. The number of nitrogens with zero attached hydrogens (tertiary/aromatic N) is 1. The maximum Gasteiger partial charge on any atom is 0.309 e. The second-order valence-electron chi connectivity index (χ2n) is 6.04. The summed E-state index contributed by atoms with van der Waals surface area (Å²) in [6.07, 6.45) is 2.64. The Balaban J connectivity index is 2.53. The van der Waals surface area contributed by atoms with Gasteiger partial charge >= 0.3 is 5.97 Å². The van der Waals surface area contributed by atoms with Crippen molar-refractivity contribution in [1.82, 2.24) is 4.57 Å². The van der Waals surface area contributed by atoms with E-state index in [1.807, 2.05) is 12.1 Å². The van der Waals surface area contributed by atoms with Crippen LogP contribution in [0.25, 0.3) is 10.9 Å². The molecule has 2 rings (SSSR count). The third kappa shape index (κ3) is 2.50. The van der Waals surface area contributed by atoms with Gasteiger partial charge in [-0.3, -0.25) is 4.79 Å². The number of aliphatic carboxylic acids is 1. The van der Waals surface area contributed by atoms with Crippen LogP contribution in [-0.2, 0) is 11.2 Å². The van der Waals surface area contributed by atoms with Crippen LogP contribution in [0.1, 0.15) is 39.3 Å². The molecule has 0 atom stereocenters. The maximum absolute atomic E-state index is 11.3. The number of benzene rings is 1. The molecule has 1 aromatic carbocycles. The molecule has 2 aromatic rings. The van der Waals surface area contributed by atoms with Crippen molar-refractivity contribution < 1.29 is 9.90 Å². The lowest BCUT2D eigenvalue weighted by atomic mass is 9.86. The minimum Gasteiger partial charge on any atom is -0.481 e. The molecule has 3 nitrogen and oxygen atoms in total. The molecule has 1 aromatic heterocycles. The Labute approximate surface area is 113 Å². The summed E-state index contributed by atoms with van der Waals surface area (Å²) in [4.78, 5) is 11.3. The van der Waals surface area contributed by atoms with E-state index in [1.165, 1.54) is 5.52 Å². The molecule has 0 unspecified atom stereocenters. The van der Waals surface area contributed by atoms with Gasteiger partial charge in [0.1, 0.15) is 0 Å². The first-order chi connectivity index (χ1) is 8.83. The lowest BCUT2D eigenvalue weighted by molar-refractivity contribution is -0.146. The van der Waals surface area contributed by atoms with Crippen LogP contribution in [0, 0.1) is 5.41 Å². The predicted octanol–water partition coefficient (Wildman–Crippen LogP) is 3.88. The van der Waals surface area contributed by atoms with Crippen molar-refractivity contribution in [3.8, 4) is 0 Å². The van der Waals surface area contributed by atoms with Gasteiger partial charge in [-0.05, 0) is 45.7 Å². The number of carboxylic acid groups (broad SMARTS) is 1. The SMILES string of the molecule is CC(C)n1cc(CC(C)(C)C(=O)O)c2ccccc21. The number of aromatic nitrogens is 1. The van der Waals surface area contributed by atoms with Crippen LogP contribution in [0.15, 0.2) is 30.5 Å². The molecule has 3 heteroatoms. The summed E-state index contributed by atoms with van der Waals surface area (Å²) < 4.78 is 2.21. The van der Waals surface area contributed by atoms with Gasteiger partial charge in [-0.1, -0.05) is 18.2 Å². The zero-order valence-corrected chi connectivity index (χ0v) is 12.0. The normalized spacial score (nSPS) is 12.3. The minimum atomic E-state index is -0.756. The van der Waals surface area contributed by atoms with Crippen molar-refractivity contribution in [1.29, 1.82) is 0 Å². The Morgan fingerprint density at radius 3 is 2.53 bits per heavy atom. The van der Waals surface area contributed by atoms with Crippen LogP contribution in [0.5, 0.6) is 0 Å². The largest absolute Gasteiger partial charge is 0.481 e. The third-order valence-corrected chi connectivity index (χ3v) is 3.59. The Bertz CT molecular complexity index is 608. The summed E-state index contributed by atoms with van der Waals surface area (Å²) in [5, 5.41) is 10.4. The highest BCUT2D eigenvalue weighted by Gasteiger charge is 2.28. The molecule has 19 heavy (non-hydrogen) atoms. The fraction of sp³-hybridized carbons (Fsp3) is 0.438. The number of fused-ring (bicyclic) bond motifs is 1. The highest BCUT2D eigenvalue weighted by Crippen LogP contribution is 2.30. The van der Waals surface area contributed by atoms with Gasteiger partial charge < -0.3 is 9.67 Å². The summed E-state index contributed by atoms with van der Waals surface area (Å²) in [7, 11) is 0. The quantitative estimate of drug-likeness (QED) is 0.905. The van der Waals surface area contributed by atoms with E-state index in [2.05, 4.69) is 36.7 Å². The fourth-order valence-corrected chi connectivity index (χ4v) is 2.40. The number of carboxylic acids is 1. The van der Waals surface area contributed by atoms with Crippen LogP contribution in [0.4, 0.5) is 0 Å². The van der Waals surface area contributed by atoms with Crippen molar-refractivity contribution in [2.45, 2.75) is 40.2 Å². The molecule has 0 amide bonds. The molecule has 0 bridgehead atoms. The zero-order valence-electron chi connectivity index (χ0n) is 12.0. The molecule has 0 aliphatic heterocycles. The van der Waals surface area contributed by atoms with E-state index < -0.39 is 11.4 Å². The molecular formula is C16H21NO2. The first-order valence-corrected chi connectivity index (χ1v) is 6.65. The van der Waals surface area contributed by atoms with E-state index >= 15 is 0 Å². The van der Waals surface area contributed by atoms with Gasteiger partial charge in [0.05, 0.1) is 5.41 Å². The van der Waals surface area contributed by atoms with Crippen molar-refractivity contribution in [3.05, 3.63) is 36.0 Å². The van der Waals surface area contributed by atoms with Gasteiger partial charge in [0, 0.05) is 23.1 Å². The van der Waals surface area contributed by atoms with Crippen LogP contribution in [0.3, 0.4) is 0 Å². The Kier molecular flexibility index (Phi) is 3.40. The van der Waals surface area contributed by atoms with Gasteiger partial charge in [0.15, 0.2) is 0 Å². The van der Waals surface area contributed by atoms with E-state index in [-0.39, 0.29) is 0 Å². The molecule has 1 heterocycles. The second kappa shape index (κ2) is 4.72. The Morgan fingerprint density at radius 2 is 1.95 bits per heavy atom. The van der Waals surface area contributed by atoms with E-state index in [4.69, 9.17) is 0 Å². The Morgan fingerprint density at radius 1 is 1.32 bits per heavy atom. The van der Waals surface area contributed by atoms with E-state index in [9.17, 15) is 9.90 Å². The van der Waals surface area contributed by atoms with Crippen LogP contribution in [0.2, 0.25) is 0 Å². The molecule has 0 spiro atoms. The lowest BCUT2D eigenvalue weighted by Gasteiger charge is -2.18. The predicted molar refractivity (Wildman–Crippen MR) is 77.4 cm³/mol. The average molecular weight is 259 g/mol. The van der Waals surface area contributed by atoms with Gasteiger partial charge in [-0.2, -0.15) is 0 Å². The number of para-hydroxylation sites is 1. The molecule has 0 saturated heterocycles. The molecule has 0 aliphatic carbocycles. The van der Waals surface area contributed by atoms with Gasteiger partial charge in [-0.25, -0.2) is 0 Å². The molecule has 1 N–H and O–H groups in total. The van der Waals surface area contributed by atoms with Gasteiger partial charge in [-0.15, -0.1) is 0 Å². The monoisotopic (exact) mass is 259 g/mol. The topological polar surface area (TPSA) is 42.2 Å². The number of hydrogen-bond acceptors (Lipinski definition) is 1. The molecule has 0 fully saturated rings. The molecular weight excluding hydrogens is 238 g/mol. The van der Waals surface area contributed by atoms with Crippen molar-refractivity contribution >= 4 is 16.9 Å². The molecule has 0 saturated carbocycles. The van der Waals surface area contributed by atoms with Gasteiger partial charge in [0.25, 0.3) is 0 Å². The maximum atomic E-state index is 11.3. The second-order valence-corrected chi connectivity index (χ2v) is 6.04. The zero-order chi connectivity index (χ0) is 14.2. The van der Waals surface area contributed by atoms with Gasteiger partial charge in [0.2, 0.25) is 0 Å². The third-order valence-electron chi connectivity index (χ3n) is 3.59. The van der Waals surface area contributed by atoms with Crippen LogP contribution in [-0.4, -0.2) is 15.6 Å².